The van der Waals surface area contributed by atoms with Crippen molar-refractivity contribution in [2.45, 2.75) is 19.3 Å². The predicted octanol–water partition coefficient (Wildman–Crippen LogP) is 1.18. The van der Waals surface area contributed by atoms with Crippen LogP contribution >= 0.6 is 0 Å². The lowest BCUT2D eigenvalue weighted by Gasteiger charge is -2.19. The van der Waals surface area contributed by atoms with Gasteiger partial charge in [-0.15, -0.1) is 0 Å². The normalized spacial score (nSPS) is 11.9. The van der Waals surface area contributed by atoms with Crippen LogP contribution in [-0.2, 0) is 10.2 Å². The SMILES string of the molecule is COCC(C)(C)c1cc(N)on1. The molecule has 0 aliphatic rings. The van der Waals surface area contributed by atoms with E-state index < -0.39 is 0 Å². The van der Waals surface area contributed by atoms with Gasteiger partial charge in [-0.3, -0.25) is 0 Å². The van der Waals surface area contributed by atoms with E-state index in [-0.39, 0.29) is 5.41 Å². The number of anilines is 1. The molecule has 68 valence electrons. The summed E-state index contributed by atoms with van der Waals surface area (Å²) in [6.07, 6.45) is 0. The molecule has 1 aromatic rings. The third-order valence-electron chi connectivity index (χ3n) is 1.73. The maximum absolute atomic E-state index is 5.40. The number of nitrogen functional groups attached to an aromatic ring is 1. The van der Waals surface area contributed by atoms with E-state index in [0.29, 0.717) is 12.5 Å². The molecule has 0 aromatic carbocycles. The van der Waals surface area contributed by atoms with Crippen LogP contribution in [0.2, 0.25) is 0 Å². The molecule has 0 atom stereocenters. The Balaban J connectivity index is 2.81. The molecule has 2 N–H and O–H groups in total. The van der Waals surface area contributed by atoms with Gasteiger partial charge in [-0.05, 0) is 0 Å². The van der Waals surface area contributed by atoms with Crippen LogP contribution in [0, 0.1) is 0 Å². The van der Waals surface area contributed by atoms with Crippen LogP contribution in [0.5, 0.6) is 0 Å². The molecule has 1 aromatic heterocycles. The maximum atomic E-state index is 5.40. The second-order valence-corrected chi connectivity index (χ2v) is 3.43. The molecule has 1 rings (SSSR count). The molecule has 4 nitrogen and oxygen atoms in total. The summed E-state index contributed by atoms with van der Waals surface area (Å²) in [6, 6.07) is 1.72. The Bertz CT molecular complexity index is 255. The molecule has 0 saturated heterocycles. The maximum Gasteiger partial charge on any atom is 0.222 e. The molecule has 0 amide bonds. The lowest BCUT2D eigenvalue weighted by molar-refractivity contribution is 0.142. The molecule has 0 radical (unpaired) electrons. The Morgan fingerprint density at radius 3 is 2.75 bits per heavy atom. The van der Waals surface area contributed by atoms with E-state index in [1.165, 1.54) is 0 Å². The van der Waals surface area contributed by atoms with Crippen LogP contribution in [-0.4, -0.2) is 18.9 Å². The molecule has 0 aliphatic heterocycles. The average Bonchev–Trinajstić information content (AvgIpc) is 2.36. The summed E-state index contributed by atoms with van der Waals surface area (Å²) in [5.41, 5.74) is 6.08. The van der Waals surface area contributed by atoms with Gasteiger partial charge in [0.05, 0.1) is 12.3 Å². The van der Waals surface area contributed by atoms with Crippen LogP contribution in [0.25, 0.3) is 0 Å². The molecule has 0 spiro atoms. The van der Waals surface area contributed by atoms with Crippen LogP contribution in [0.15, 0.2) is 10.6 Å². The smallest absolute Gasteiger partial charge is 0.222 e. The first-order valence-corrected chi connectivity index (χ1v) is 3.78. The summed E-state index contributed by atoms with van der Waals surface area (Å²) in [6.45, 7) is 4.64. The predicted molar refractivity (Wildman–Crippen MR) is 45.8 cm³/mol. The van der Waals surface area contributed by atoms with Crippen molar-refractivity contribution in [1.29, 1.82) is 0 Å². The minimum atomic E-state index is -0.143. The molecule has 12 heavy (non-hydrogen) atoms. The third-order valence-corrected chi connectivity index (χ3v) is 1.73. The van der Waals surface area contributed by atoms with Crippen molar-refractivity contribution >= 4 is 5.88 Å². The number of nitrogens with zero attached hydrogens (tertiary/aromatic N) is 1. The van der Waals surface area contributed by atoms with Crippen LogP contribution < -0.4 is 5.73 Å². The van der Waals surface area contributed by atoms with E-state index in [9.17, 15) is 0 Å². The standard InChI is InChI=1S/C8H14N2O2/c1-8(2,5-11-3)6-4-7(9)12-10-6/h4H,5,9H2,1-3H3. The zero-order valence-corrected chi connectivity index (χ0v) is 7.63. The minimum absolute atomic E-state index is 0.143. The van der Waals surface area contributed by atoms with Gasteiger partial charge in [0.15, 0.2) is 0 Å². The first kappa shape index (κ1) is 9.06. The fraction of sp³-hybridized carbons (Fsp3) is 0.625. The molecule has 0 fully saturated rings. The van der Waals surface area contributed by atoms with Crippen molar-refractivity contribution in [3.05, 3.63) is 11.8 Å². The van der Waals surface area contributed by atoms with E-state index in [0.717, 1.165) is 5.69 Å². The first-order chi connectivity index (χ1) is 5.56. The van der Waals surface area contributed by atoms with Gasteiger partial charge >= 0.3 is 0 Å². The fourth-order valence-corrected chi connectivity index (χ4v) is 1.04. The highest BCUT2D eigenvalue weighted by molar-refractivity contribution is 5.28. The van der Waals surface area contributed by atoms with Crippen molar-refractivity contribution < 1.29 is 9.26 Å². The Labute approximate surface area is 71.7 Å². The molecule has 0 unspecified atom stereocenters. The zero-order chi connectivity index (χ0) is 9.19. The molecule has 0 aliphatic carbocycles. The third kappa shape index (κ3) is 1.76. The van der Waals surface area contributed by atoms with Crippen LogP contribution in [0.3, 0.4) is 0 Å². The van der Waals surface area contributed by atoms with Crippen molar-refractivity contribution in [1.82, 2.24) is 5.16 Å². The van der Waals surface area contributed by atoms with Gasteiger partial charge in [0.2, 0.25) is 5.88 Å². The number of rotatable bonds is 3. The highest BCUT2D eigenvalue weighted by Crippen LogP contribution is 2.23. The second-order valence-electron chi connectivity index (χ2n) is 3.43. The molecular weight excluding hydrogens is 156 g/mol. The van der Waals surface area contributed by atoms with Crippen LogP contribution in [0.4, 0.5) is 5.88 Å². The Morgan fingerprint density at radius 2 is 2.33 bits per heavy atom. The van der Waals surface area contributed by atoms with Gasteiger partial charge in [0, 0.05) is 18.6 Å². The zero-order valence-electron chi connectivity index (χ0n) is 7.63. The number of nitrogens with two attached hydrogens (primary N) is 1. The number of ether oxygens (including phenoxy) is 1. The highest BCUT2D eigenvalue weighted by atomic mass is 16.5. The number of hydrogen-bond donors (Lipinski definition) is 1. The Morgan fingerprint density at radius 1 is 1.67 bits per heavy atom. The van der Waals surface area contributed by atoms with E-state index in [2.05, 4.69) is 5.16 Å². The fourth-order valence-electron chi connectivity index (χ4n) is 1.04. The number of aromatic nitrogens is 1. The van der Waals surface area contributed by atoms with Gasteiger partial charge in [-0.25, -0.2) is 0 Å². The van der Waals surface area contributed by atoms with Gasteiger partial charge in [-0.1, -0.05) is 19.0 Å². The lowest BCUT2D eigenvalue weighted by atomic mass is 9.91. The van der Waals surface area contributed by atoms with Crippen molar-refractivity contribution in [2.24, 2.45) is 0 Å². The summed E-state index contributed by atoms with van der Waals surface area (Å²) >= 11 is 0. The number of methoxy groups -OCH3 is 1. The van der Waals surface area contributed by atoms with Crippen molar-refractivity contribution in [2.75, 3.05) is 19.5 Å². The molecule has 4 heteroatoms. The molecule has 1 heterocycles. The highest BCUT2D eigenvalue weighted by Gasteiger charge is 2.24. The van der Waals surface area contributed by atoms with Gasteiger partial charge < -0.3 is 15.0 Å². The molecule has 0 saturated carbocycles. The minimum Gasteiger partial charge on any atom is -0.384 e. The lowest BCUT2D eigenvalue weighted by Crippen LogP contribution is -2.23. The first-order valence-electron chi connectivity index (χ1n) is 3.78. The Kier molecular flexibility index (Phi) is 2.38. The molecule has 0 bridgehead atoms. The topological polar surface area (TPSA) is 61.3 Å². The van der Waals surface area contributed by atoms with Gasteiger partial charge in [0.1, 0.15) is 0 Å². The monoisotopic (exact) mass is 170 g/mol. The van der Waals surface area contributed by atoms with Crippen molar-refractivity contribution in [3.63, 3.8) is 0 Å². The summed E-state index contributed by atoms with van der Waals surface area (Å²) in [4.78, 5) is 0. The van der Waals surface area contributed by atoms with E-state index in [4.69, 9.17) is 15.0 Å². The quantitative estimate of drug-likeness (QED) is 0.740. The molecular formula is C8H14N2O2. The summed E-state index contributed by atoms with van der Waals surface area (Å²) < 4.78 is 9.82. The van der Waals surface area contributed by atoms with Gasteiger partial charge in [0.25, 0.3) is 0 Å². The van der Waals surface area contributed by atoms with E-state index in [1.54, 1.807) is 13.2 Å². The average molecular weight is 170 g/mol. The van der Waals surface area contributed by atoms with E-state index >= 15 is 0 Å². The van der Waals surface area contributed by atoms with Crippen molar-refractivity contribution in [3.8, 4) is 0 Å². The largest absolute Gasteiger partial charge is 0.384 e. The van der Waals surface area contributed by atoms with Gasteiger partial charge in [-0.2, -0.15) is 0 Å². The summed E-state index contributed by atoms with van der Waals surface area (Å²) in [5.74, 6) is 0.342. The summed E-state index contributed by atoms with van der Waals surface area (Å²) in [5, 5.41) is 3.83. The summed E-state index contributed by atoms with van der Waals surface area (Å²) in [7, 11) is 1.66. The van der Waals surface area contributed by atoms with E-state index in [1.807, 2.05) is 13.8 Å². The number of hydrogen-bond acceptors (Lipinski definition) is 4. The Hall–Kier alpha value is -1.03. The second kappa shape index (κ2) is 3.15. The van der Waals surface area contributed by atoms with Crippen LogP contribution in [0.1, 0.15) is 19.5 Å².